The van der Waals surface area contributed by atoms with Gasteiger partial charge in [0.15, 0.2) is 0 Å². The van der Waals surface area contributed by atoms with Crippen LogP contribution < -0.4 is 5.73 Å². The summed E-state index contributed by atoms with van der Waals surface area (Å²) in [4.78, 5) is 14.4. The Bertz CT molecular complexity index is 259. The summed E-state index contributed by atoms with van der Waals surface area (Å²) in [5.41, 5.74) is 6.01. The number of nitrogens with two attached hydrogens (primary N) is 1. The van der Waals surface area contributed by atoms with E-state index in [4.69, 9.17) is 5.73 Å². The van der Waals surface area contributed by atoms with Crippen molar-refractivity contribution in [3.05, 3.63) is 0 Å². The van der Waals surface area contributed by atoms with Gasteiger partial charge in [0.2, 0.25) is 5.91 Å². The third kappa shape index (κ3) is 3.21. The van der Waals surface area contributed by atoms with Crippen LogP contribution in [0.4, 0.5) is 0 Å². The van der Waals surface area contributed by atoms with E-state index in [9.17, 15) is 4.79 Å². The standard InChI is InChI=1S/C14H26N2O/c1-11(15)13-8-4-5-9-16(13)14(17)10-12-6-2-3-7-12/h11-13H,2-10,15H2,1H3. The molecule has 0 aromatic rings. The number of hydrogen-bond donors (Lipinski definition) is 1. The van der Waals surface area contributed by atoms with Gasteiger partial charge in [-0.25, -0.2) is 0 Å². The summed E-state index contributed by atoms with van der Waals surface area (Å²) in [5.74, 6) is 1.01. The van der Waals surface area contributed by atoms with E-state index in [1.54, 1.807) is 0 Å². The van der Waals surface area contributed by atoms with Gasteiger partial charge in [0.25, 0.3) is 0 Å². The van der Waals surface area contributed by atoms with Gasteiger partial charge >= 0.3 is 0 Å². The number of likely N-dealkylation sites (tertiary alicyclic amines) is 1. The molecule has 17 heavy (non-hydrogen) atoms. The van der Waals surface area contributed by atoms with Gasteiger partial charge in [-0.15, -0.1) is 0 Å². The van der Waals surface area contributed by atoms with Crippen molar-refractivity contribution in [2.75, 3.05) is 6.54 Å². The first-order chi connectivity index (χ1) is 8.18. The SMILES string of the molecule is CC(N)C1CCCCN1C(=O)CC1CCCC1. The van der Waals surface area contributed by atoms with Crippen molar-refractivity contribution in [1.82, 2.24) is 4.90 Å². The summed E-state index contributed by atoms with van der Waals surface area (Å²) in [6.45, 7) is 2.96. The summed E-state index contributed by atoms with van der Waals surface area (Å²) < 4.78 is 0. The molecule has 0 aromatic heterocycles. The number of rotatable bonds is 3. The van der Waals surface area contributed by atoms with Gasteiger partial charge in [-0.3, -0.25) is 4.79 Å². The molecule has 0 spiro atoms. The third-order valence-corrected chi connectivity index (χ3v) is 4.41. The molecular weight excluding hydrogens is 212 g/mol. The molecule has 3 nitrogen and oxygen atoms in total. The second kappa shape index (κ2) is 5.85. The van der Waals surface area contributed by atoms with E-state index in [0.717, 1.165) is 25.8 Å². The van der Waals surface area contributed by atoms with Crippen LogP contribution in [-0.2, 0) is 4.79 Å². The largest absolute Gasteiger partial charge is 0.338 e. The first-order valence-corrected chi connectivity index (χ1v) is 7.23. The van der Waals surface area contributed by atoms with E-state index in [0.29, 0.717) is 11.8 Å². The van der Waals surface area contributed by atoms with Gasteiger partial charge in [0.05, 0.1) is 0 Å². The summed E-state index contributed by atoms with van der Waals surface area (Å²) in [6.07, 6.45) is 9.37. The lowest BCUT2D eigenvalue weighted by atomic mass is 9.95. The topological polar surface area (TPSA) is 46.3 Å². The van der Waals surface area contributed by atoms with Crippen LogP contribution in [0, 0.1) is 5.92 Å². The minimum atomic E-state index is 0.114. The van der Waals surface area contributed by atoms with Crippen LogP contribution in [0.2, 0.25) is 0 Å². The van der Waals surface area contributed by atoms with Crippen LogP contribution in [-0.4, -0.2) is 29.4 Å². The maximum Gasteiger partial charge on any atom is 0.223 e. The smallest absolute Gasteiger partial charge is 0.223 e. The van der Waals surface area contributed by atoms with Crippen molar-refractivity contribution in [3.8, 4) is 0 Å². The maximum atomic E-state index is 12.3. The molecule has 2 N–H and O–H groups in total. The highest BCUT2D eigenvalue weighted by atomic mass is 16.2. The van der Waals surface area contributed by atoms with Gasteiger partial charge in [0.1, 0.15) is 0 Å². The molecule has 98 valence electrons. The zero-order chi connectivity index (χ0) is 12.3. The fourth-order valence-corrected chi connectivity index (χ4v) is 3.39. The molecule has 3 heteroatoms. The average molecular weight is 238 g/mol. The normalized spacial score (nSPS) is 28.4. The fraction of sp³-hybridized carbons (Fsp3) is 0.929. The lowest BCUT2D eigenvalue weighted by Gasteiger charge is -2.38. The molecule has 2 atom stereocenters. The van der Waals surface area contributed by atoms with Crippen LogP contribution >= 0.6 is 0 Å². The first kappa shape index (κ1) is 12.9. The summed E-state index contributed by atoms with van der Waals surface area (Å²) >= 11 is 0. The van der Waals surface area contributed by atoms with E-state index in [2.05, 4.69) is 4.90 Å². The van der Waals surface area contributed by atoms with Crippen molar-refractivity contribution < 1.29 is 4.79 Å². The van der Waals surface area contributed by atoms with Gasteiger partial charge < -0.3 is 10.6 Å². The molecule has 0 aromatic carbocycles. The molecule has 0 radical (unpaired) electrons. The van der Waals surface area contributed by atoms with Crippen molar-refractivity contribution in [2.45, 2.75) is 70.4 Å². The molecular formula is C14H26N2O. The highest BCUT2D eigenvalue weighted by molar-refractivity contribution is 5.77. The van der Waals surface area contributed by atoms with Crippen LogP contribution in [0.25, 0.3) is 0 Å². The molecule has 0 bridgehead atoms. The van der Waals surface area contributed by atoms with E-state index >= 15 is 0 Å². The Morgan fingerprint density at radius 3 is 2.53 bits per heavy atom. The average Bonchev–Trinajstić information content (AvgIpc) is 2.81. The van der Waals surface area contributed by atoms with Crippen LogP contribution in [0.5, 0.6) is 0 Å². The number of nitrogens with zero attached hydrogens (tertiary/aromatic N) is 1. The predicted molar refractivity (Wildman–Crippen MR) is 69.6 cm³/mol. The van der Waals surface area contributed by atoms with E-state index in [-0.39, 0.29) is 12.1 Å². The monoisotopic (exact) mass is 238 g/mol. The molecule has 2 fully saturated rings. The Hall–Kier alpha value is -0.570. The van der Waals surface area contributed by atoms with Gasteiger partial charge in [-0.05, 0) is 44.9 Å². The lowest BCUT2D eigenvalue weighted by molar-refractivity contribution is -0.136. The fourth-order valence-electron chi connectivity index (χ4n) is 3.39. The Morgan fingerprint density at radius 2 is 1.88 bits per heavy atom. The molecule has 1 aliphatic heterocycles. The first-order valence-electron chi connectivity index (χ1n) is 7.23. The molecule has 2 rings (SSSR count). The quantitative estimate of drug-likeness (QED) is 0.820. The molecule has 2 unspecified atom stereocenters. The van der Waals surface area contributed by atoms with Crippen LogP contribution in [0.15, 0.2) is 0 Å². The number of hydrogen-bond acceptors (Lipinski definition) is 2. The van der Waals surface area contributed by atoms with Crippen LogP contribution in [0.1, 0.15) is 58.3 Å². The maximum absolute atomic E-state index is 12.3. The Balaban J connectivity index is 1.90. The van der Waals surface area contributed by atoms with Gasteiger partial charge in [0, 0.05) is 25.0 Å². The van der Waals surface area contributed by atoms with Gasteiger partial charge in [-0.1, -0.05) is 12.8 Å². The Labute approximate surface area is 105 Å². The van der Waals surface area contributed by atoms with E-state index < -0.39 is 0 Å². The van der Waals surface area contributed by atoms with Crippen molar-refractivity contribution in [3.63, 3.8) is 0 Å². The molecule has 1 heterocycles. The Kier molecular flexibility index (Phi) is 4.43. The molecule has 2 aliphatic rings. The number of piperidine rings is 1. The number of amides is 1. The second-order valence-electron chi connectivity index (χ2n) is 5.86. The summed E-state index contributed by atoms with van der Waals surface area (Å²) in [6, 6.07) is 0.403. The summed E-state index contributed by atoms with van der Waals surface area (Å²) in [5, 5.41) is 0. The number of carbonyl (C=O) groups excluding carboxylic acids is 1. The lowest BCUT2D eigenvalue weighted by Crippen LogP contribution is -2.51. The van der Waals surface area contributed by atoms with E-state index in [1.807, 2.05) is 6.92 Å². The third-order valence-electron chi connectivity index (χ3n) is 4.41. The highest BCUT2D eigenvalue weighted by Crippen LogP contribution is 2.29. The van der Waals surface area contributed by atoms with Crippen molar-refractivity contribution >= 4 is 5.91 Å². The molecule has 1 saturated heterocycles. The highest BCUT2D eigenvalue weighted by Gasteiger charge is 2.30. The zero-order valence-corrected chi connectivity index (χ0v) is 11.0. The second-order valence-corrected chi connectivity index (χ2v) is 5.86. The van der Waals surface area contributed by atoms with Crippen molar-refractivity contribution in [1.29, 1.82) is 0 Å². The molecule has 1 amide bonds. The molecule has 1 aliphatic carbocycles. The minimum Gasteiger partial charge on any atom is -0.338 e. The van der Waals surface area contributed by atoms with Crippen LogP contribution in [0.3, 0.4) is 0 Å². The number of carbonyl (C=O) groups is 1. The Morgan fingerprint density at radius 1 is 1.24 bits per heavy atom. The van der Waals surface area contributed by atoms with Crippen molar-refractivity contribution in [2.24, 2.45) is 11.7 Å². The molecule has 1 saturated carbocycles. The summed E-state index contributed by atoms with van der Waals surface area (Å²) in [7, 11) is 0. The zero-order valence-electron chi connectivity index (χ0n) is 11.0. The van der Waals surface area contributed by atoms with Gasteiger partial charge in [-0.2, -0.15) is 0 Å². The predicted octanol–water partition coefficient (Wildman–Crippen LogP) is 2.29. The minimum absolute atomic E-state index is 0.114. The van der Waals surface area contributed by atoms with E-state index in [1.165, 1.54) is 32.1 Å².